The van der Waals surface area contributed by atoms with E-state index in [0.29, 0.717) is 5.82 Å². The van der Waals surface area contributed by atoms with Gasteiger partial charge >= 0.3 is 0 Å². The number of aromatic nitrogens is 2. The standard InChI is InChI=1S/C21H15F2N3O2/c22-16-9-4-10-17(23)20(16)24-18(27)11-12-19-25-21(26-28-19)15-8-3-6-13-5-1-2-7-14(13)15/h1-10H,11-12H2,(H,24,27). The Kier molecular flexibility index (Phi) is 4.80. The summed E-state index contributed by atoms with van der Waals surface area (Å²) in [7, 11) is 0. The lowest BCUT2D eigenvalue weighted by Crippen LogP contribution is -2.14. The molecule has 0 aliphatic rings. The average Bonchev–Trinajstić information content (AvgIpc) is 3.18. The van der Waals surface area contributed by atoms with Crippen LogP contribution in [0.5, 0.6) is 0 Å². The van der Waals surface area contributed by atoms with E-state index in [2.05, 4.69) is 15.5 Å². The van der Waals surface area contributed by atoms with Gasteiger partial charge in [-0.3, -0.25) is 4.79 Å². The van der Waals surface area contributed by atoms with Crippen molar-refractivity contribution in [2.24, 2.45) is 0 Å². The van der Waals surface area contributed by atoms with Crippen molar-refractivity contribution in [1.82, 2.24) is 10.1 Å². The predicted octanol–water partition coefficient (Wildman–Crippen LogP) is 4.74. The monoisotopic (exact) mass is 379 g/mol. The normalized spacial score (nSPS) is 10.9. The fourth-order valence-electron chi connectivity index (χ4n) is 2.93. The van der Waals surface area contributed by atoms with Crippen LogP contribution in [0.15, 0.2) is 65.2 Å². The number of halogens is 2. The van der Waals surface area contributed by atoms with Crippen LogP contribution in [0, 0.1) is 11.6 Å². The second-order valence-electron chi connectivity index (χ2n) is 6.18. The lowest BCUT2D eigenvalue weighted by Gasteiger charge is -2.06. The number of aryl methyl sites for hydroxylation is 1. The maximum atomic E-state index is 13.6. The minimum absolute atomic E-state index is 0.0506. The largest absolute Gasteiger partial charge is 0.339 e. The Labute approximate surface area is 159 Å². The second-order valence-corrected chi connectivity index (χ2v) is 6.18. The van der Waals surface area contributed by atoms with E-state index < -0.39 is 23.2 Å². The molecule has 4 aromatic rings. The number of nitrogens with zero attached hydrogens (tertiary/aromatic N) is 2. The van der Waals surface area contributed by atoms with Crippen LogP contribution >= 0.6 is 0 Å². The molecule has 0 bridgehead atoms. The Morgan fingerprint density at radius 2 is 1.68 bits per heavy atom. The highest BCUT2D eigenvalue weighted by atomic mass is 19.1. The van der Waals surface area contributed by atoms with Crippen molar-refractivity contribution in [1.29, 1.82) is 0 Å². The zero-order valence-electron chi connectivity index (χ0n) is 14.7. The summed E-state index contributed by atoms with van der Waals surface area (Å²) in [6, 6.07) is 17.0. The van der Waals surface area contributed by atoms with Crippen LogP contribution < -0.4 is 5.32 Å². The summed E-state index contributed by atoms with van der Waals surface area (Å²) in [5.74, 6) is -1.51. The van der Waals surface area contributed by atoms with Crippen molar-refractivity contribution in [3.05, 3.63) is 78.2 Å². The summed E-state index contributed by atoms with van der Waals surface area (Å²) in [5.41, 5.74) is 0.362. The highest BCUT2D eigenvalue weighted by molar-refractivity contribution is 5.95. The molecule has 3 aromatic carbocycles. The van der Waals surface area contributed by atoms with E-state index in [0.717, 1.165) is 28.5 Å². The molecule has 0 aliphatic carbocycles. The number of carbonyl (C=O) groups excluding carboxylic acids is 1. The molecule has 1 heterocycles. The number of nitrogens with one attached hydrogen (secondary N) is 1. The van der Waals surface area contributed by atoms with Crippen LogP contribution in [0.3, 0.4) is 0 Å². The van der Waals surface area contributed by atoms with E-state index >= 15 is 0 Å². The summed E-state index contributed by atoms with van der Waals surface area (Å²) < 4.78 is 32.4. The van der Waals surface area contributed by atoms with Gasteiger partial charge in [-0.25, -0.2) is 8.78 Å². The quantitative estimate of drug-likeness (QED) is 0.544. The van der Waals surface area contributed by atoms with Gasteiger partial charge in [-0.05, 0) is 22.9 Å². The Balaban J connectivity index is 1.46. The number of fused-ring (bicyclic) bond motifs is 1. The molecule has 140 valence electrons. The zero-order valence-corrected chi connectivity index (χ0v) is 14.7. The minimum atomic E-state index is -0.829. The minimum Gasteiger partial charge on any atom is -0.339 e. The topological polar surface area (TPSA) is 68.0 Å². The van der Waals surface area contributed by atoms with Gasteiger partial charge in [-0.2, -0.15) is 4.98 Å². The van der Waals surface area contributed by atoms with Gasteiger partial charge in [0.15, 0.2) is 0 Å². The molecule has 1 aromatic heterocycles. The number of anilines is 1. The summed E-state index contributed by atoms with van der Waals surface area (Å²) in [4.78, 5) is 16.3. The molecule has 0 fully saturated rings. The Hall–Kier alpha value is -3.61. The van der Waals surface area contributed by atoms with Crippen molar-refractivity contribution in [2.45, 2.75) is 12.8 Å². The molecule has 0 spiro atoms. The average molecular weight is 379 g/mol. The van der Waals surface area contributed by atoms with Crippen LogP contribution in [0.4, 0.5) is 14.5 Å². The zero-order chi connectivity index (χ0) is 19.5. The van der Waals surface area contributed by atoms with Gasteiger partial charge < -0.3 is 9.84 Å². The van der Waals surface area contributed by atoms with Crippen LogP contribution in [-0.4, -0.2) is 16.0 Å². The molecule has 0 saturated heterocycles. The first kappa shape index (κ1) is 17.8. The fourth-order valence-corrected chi connectivity index (χ4v) is 2.93. The van der Waals surface area contributed by atoms with Gasteiger partial charge in [0, 0.05) is 18.4 Å². The van der Waals surface area contributed by atoms with Crippen LogP contribution in [0.2, 0.25) is 0 Å². The molecule has 5 nitrogen and oxygen atoms in total. The van der Waals surface area contributed by atoms with Crippen molar-refractivity contribution >= 4 is 22.4 Å². The molecule has 0 radical (unpaired) electrons. The van der Waals surface area contributed by atoms with Gasteiger partial charge in [-0.1, -0.05) is 53.7 Å². The maximum Gasteiger partial charge on any atom is 0.227 e. The van der Waals surface area contributed by atoms with E-state index in [1.54, 1.807) is 0 Å². The Bertz CT molecular complexity index is 1130. The Morgan fingerprint density at radius 3 is 2.50 bits per heavy atom. The molecule has 0 atom stereocenters. The highest BCUT2D eigenvalue weighted by Gasteiger charge is 2.15. The van der Waals surface area contributed by atoms with Gasteiger partial charge in [0.1, 0.15) is 17.3 Å². The molecule has 0 saturated carbocycles. The SMILES string of the molecule is O=C(CCc1nc(-c2cccc3ccccc23)no1)Nc1c(F)cccc1F. The lowest BCUT2D eigenvalue weighted by molar-refractivity contribution is -0.116. The molecule has 1 N–H and O–H groups in total. The first-order valence-electron chi connectivity index (χ1n) is 8.66. The molecule has 1 amide bonds. The van der Waals surface area contributed by atoms with E-state index in [-0.39, 0.29) is 18.7 Å². The molecule has 4 rings (SSSR count). The van der Waals surface area contributed by atoms with E-state index in [9.17, 15) is 13.6 Å². The van der Waals surface area contributed by atoms with E-state index in [4.69, 9.17) is 4.52 Å². The number of amides is 1. The van der Waals surface area contributed by atoms with Gasteiger partial charge in [-0.15, -0.1) is 0 Å². The first-order chi connectivity index (χ1) is 13.6. The van der Waals surface area contributed by atoms with Crippen molar-refractivity contribution in [3.63, 3.8) is 0 Å². The number of para-hydroxylation sites is 1. The number of hydrogen-bond donors (Lipinski definition) is 1. The van der Waals surface area contributed by atoms with Gasteiger partial charge in [0.05, 0.1) is 0 Å². The molecule has 0 unspecified atom stereocenters. The number of benzene rings is 3. The molecule has 7 heteroatoms. The summed E-state index contributed by atoms with van der Waals surface area (Å²) >= 11 is 0. The Morgan fingerprint density at radius 1 is 0.964 bits per heavy atom. The third-order valence-corrected chi connectivity index (χ3v) is 4.29. The predicted molar refractivity (Wildman–Crippen MR) is 101 cm³/mol. The van der Waals surface area contributed by atoms with E-state index in [1.165, 1.54) is 6.07 Å². The van der Waals surface area contributed by atoms with Crippen molar-refractivity contribution in [2.75, 3.05) is 5.32 Å². The molecule has 0 aliphatic heterocycles. The number of hydrogen-bond acceptors (Lipinski definition) is 4. The van der Waals surface area contributed by atoms with Crippen molar-refractivity contribution in [3.8, 4) is 11.4 Å². The van der Waals surface area contributed by atoms with Gasteiger partial charge in [0.2, 0.25) is 17.6 Å². The summed E-state index contributed by atoms with van der Waals surface area (Å²) in [5, 5.41) is 8.27. The fraction of sp³-hybridized carbons (Fsp3) is 0.0952. The first-order valence-corrected chi connectivity index (χ1v) is 8.66. The molecule has 28 heavy (non-hydrogen) atoms. The smallest absolute Gasteiger partial charge is 0.227 e. The van der Waals surface area contributed by atoms with Gasteiger partial charge in [0.25, 0.3) is 0 Å². The summed E-state index contributed by atoms with van der Waals surface area (Å²) in [6.07, 6.45) is 0.102. The van der Waals surface area contributed by atoms with Crippen LogP contribution in [-0.2, 0) is 11.2 Å². The molecular weight excluding hydrogens is 364 g/mol. The van der Waals surface area contributed by atoms with E-state index in [1.807, 2.05) is 42.5 Å². The number of rotatable bonds is 5. The third-order valence-electron chi connectivity index (χ3n) is 4.29. The lowest BCUT2D eigenvalue weighted by atomic mass is 10.0. The maximum absolute atomic E-state index is 13.6. The highest BCUT2D eigenvalue weighted by Crippen LogP contribution is 2.26. The van der Waals surface area contributed by atoms with Crippen LogP contribution in [0.25, 0.3) is 22.2 Å². The second kappa shape index (κ2) is 7.56. The number of carbonyl (C=O) groups is 1. The third kappa shape index (κ3) is 3.59. The van der Waals surface area contributed by atoms with Crippen LogP contribution in [0.1, 0.15) is 12.3 Å². The molecular formula is C21H15F2N3O2. The van der Waals surface area contributed by atoms with Crippen molar-refractivity contribution < 1.29 is 18.1 Å². The summed E-state index contributed by atoms with van der Waals surface area (Å²) in [6.45, 7) is 0.